The Balaban J connectivity index is 1.99. The number of aliphatic carboxylic acids is 1. The van der Waals surface area contributed by atoms with Gasteiger partial charge in [-0.2, -0.15) is 0 Å². The summed E-state index contributed by atoms with van der Waals surface area (Å²) >= 11 is 0. The highest BCUT2D eigenvalue weighted by atomic mass is 16.5. The average Bonchev–Trinajstić information content (AvgIpc) is 2.61. The van der Waals surface area contributed by atoms with Crippen LogP contribution in [-0.2, 0) is 9.53 Å². The van der Waals surface area contributed by atoms with E-state index in [0.29, 0.717) is 11.3 Å². The number of hydrogen-bond acceptors (Lipinski definition) is 4. The summed E-state index contributed by atoms with van der Waals surface area (Å²) in [7, 11) is 1.81. The first-order valence-corrected chi connectivity index (χ1v) is 9.10. The van der Waals surface area contributed by atoms with E-state index in [1.807, 2.05) is 7.05 Å². The highest BCUT2D eigenvalue weighted by Gasteiger charge is 2.51. The molecule has 1 fully saturated rings. The Morgan fingerprint density at radius 3 is 2.69 bits per heavy atom. The van der Waals surface area contributed by atoms with Gasteiger partial charge in [-0.3, -0.25) is 4.79 Å². The minimum Gasteiger partial charge on any atom is -0.482 e. The summed E-state index contributed by atoms with van der Waals surface area (Å²) in [4.78, 5) is 25.2. The standard InChI is InChI=1S/C20H29NO5/c1-5-6-10-25-17-12-16(20(17,2)3)21(4)19(24)14-8-7-9-15(11-14)26-13-18(22)23/h7-9,11,16-17H,5-6,10,12-13H2,1-4H3,(H,22,23). The fraction of sp³-hybridized carbons (Fsp3) is 0.600. The maximum absolute atomic E-state index is 12.8. The van der Waals surface area contributed by atoms with E-state index in [9.17, 15) is 9.59 Å². The molecule has 0 radical (unpaired) electrons. The molecule has 1 saturated carbocycles. The Hall–Kier alpha value is -2.08. The van der Waals surface area contributed by atoms with Crippen LogP contribution in [0.15, 0.2) is 24.3 Å². The fourth-order valence-corrected chi connectivity index (χ4v) is 3.38. The summed E-state index contributed by atoms with van der Waals surface area (Å²) < 4.78 is 11.1. The van der Waals surface area contributed by atoms with Gasteiger partial charge in [-0.15, -0.1) is 0 Å². The summed E-state index contributed by atoms with van der Waals surface area (Å²) in [6, 6.07) is 6.74. The molecule has 2 atom stereocenters. The highest BCUT2D eigenvalue weighted by Crippen LogP contribution is 2.45. The molecule has 144 valence electrons. The van der Waals surface area contributed by atoms with E-state index in [2.05, 4.69) is 20.8 Å². The molecule has 0 bridgehead atoms. The van der Waals surface area contributed by atoms with Gasteiger partial charge >= 0.3 is 5.97 Å². The highest BCUT2D eigenvalue weighted by molar-refractivity contribution is 5.94. The van der Waals surface area contributed by atoms with Crippen LogP contribution in [0.1, 0.15) is 50.4 Å². The number of carbonyl (C=O) groups is 2. The van der Waals surface area contributed by atoms with Crippen molar-refractivity contribution in [1.29, 1.82) is 0 Å². The fourth-order valence-electron chi connectivity index (χ4n) is 3.38. The molecule has 0 heterocycles. The normalized spacial score (nSPS) is 20.9. The second-order valence-corrected chi connectivity index (χ2v) is 7.41. The lowest BCUT2D eigenvalue weighted by Crippen LogP contribution is -2.62. The number of amides is 1. The van der Waals surface area contributed by atoms with Gasteiger partial charge < -0.3 is 19.5 Å². The zero-order valence-corrected chi connectivity index (χ0v) is 16.0. The minimum absolute atomic E-state index is 0.101. The van der Waals surface area contributed by atoms with Crippen molar-refractivity contribution in [2.75, 3.05) is 20.3 Å². The van der Waals surface area contributed by atoms with Gasteiger partial charge in [0.1, 0.15) is 5.75 Å². The van der Waals surface area contributed by atoms with Gasteiger partial charge in [0.25, 0.3) is 5.91 Å². The molecular weight excluding hydrogens is 334 g/mol. The zero-order valence-electron chi connectivity index (χ0n) is 16.0. The minimum atomic E-state index is -1.05. The van der Waals surface area contributed by atoms with Crippen LogP contribution in [0, 0.1) is 5.41 Å². The van der Waals surface area contributed by atoms with E-state index in [1.54, 1.807) is 29.2 Å². The van der Waals surface area contributed by atoms with Gasteiger partial charge in [0.2, 0.25) is 0 Å². The third-order valence-corrected chi connectivity index (χ3v) is 5.17. The molecule has 0 aliphatic heterocycles. The van der Waals surface area contributed by atoms with Crippen molar-refractivity contribution in [2.24, 2.45) is 5.41 Å². The van der Waals surface area contributed by atoms with Crippen LogP contribution < -0.4 is 4.74 Å². The number of ether oxygens (including phenoxy) is 2. The van der Waals surface area contributed by atoms with Crippen LogP contribution in [0.5, 0.6) is 5.75 Å². The van der Waals surface area contributed by atoms with Crippen molar-refractivity contribution < 1.29 is 24.2 Å². The predicted octanol–water partition coefficient (Wildman–Crippen LogP) is 3.21. The lowest BCUT2D eigenvalue weighted by Gasteiger charge is -2.54. The van der Waals surface area contributed by atoms with Crippen LogP contribution >= 0.6 is 0 Å². The summed E-state index contributed by atoms with van der Waals surface area (Å²) in [6.45, 7) is 6.73. The number of rotatable bonds is 9. The lowest BCUT2D eigenvalue weighted by molar-refractivity contribution is -0.140. The number of nitrogens with zero attached hydrogens (tertiary/aromatic N) is 1. The third kappa shape index (κ3) is 4.55. The summed E-state index contributed by atoms with van der Waals surface area (Å²) in [6.07, 6.45) is 3.15. The van der Waals surface area contributed by atoms with Crippen molar-refractivity contribution >= 4 is 11.9 Å². The van der Waals surface area contributed by atoms with Crippen molar-refractivity contribution in [3.63, 3.8) is 0 Å². The molecule has 0 saturated heterocycles. The van der Waals surface area contributed by atoms with E-state index in [1.165, 1.54) is 0 Å². The average molecular weight is 363 g/mol. The van der Waals surface area contributed by atoms with Gasteiger partial charge in [0.05, 0.1) is 6.10 Å². The molecule has 1 aromatic carbocycles. The quantitative estimate of drug-likeness (QED) is 0.682. The number of carboxylic acid groups (broad SMARTS) is 1. The topological polar surface area (TPSA) is 76.1 Å². The number of carboxylic acids is 1. The van der Waals surface area contributed by atoms with E-state index in [-0.39, 0.29) is 23.5 Å². The molecule has 1 aliphatic carbocycles. The summed E-state index contributed by atoms with van der Waals surface area (Å²) in [5, 5.41) is 8.70. The molecule has 1 aromatic rings. The molecular formula is C20H29NO5. The molecule has 0 spiro atoms. The summed E-state index contributed by atoms with van der Waals surface area (Å²) in [5.74, 6) is -0.777. The zero-order chi connectivity index (χ0) is 19.3. The monoisotopic (exact) mass is 363 g/mol. The molecule has 1 amide bonds. The molecule has 1 N–H and O–H groups in total. The molecule has 2 unspecified atom stereocenters. The van der Waals surface area contributed by atoms with E-state index in [0.717, 1.165) is 25.9 Å². The van der Waals surface area contributed by atoms with Crippen LogP contribution in [0.4, 0.5) is 0 Å². The smallest absolute Gasteiger partial charge is 0.341 e. The second kappa shape index (κ2) is 8.54. The van der Waals surface area contributed by atoms with E-state index >= 15 is 0 Å². The largest absolute Gasteiger partial charge is 0.482 e. The number of carbonyl (C=O) groups excluding carboxylic acids is 1. The van der Waals surface area contributed by atoms with Gasteiger partial charge in [-0.25, -0.2) is 4.79 Å². The van der Waals surface area contributed by atoms with Crippen molar-refractivity contribution in [2.45, 2.75) is 52.2 Å². The number of hydrogen-bond donors (Lipinski definition) is 1. The van der Waals surface area contributed by atoms with Crippen LogP contribution in [0.25, 0.3) is 0 Å². The molecule has 1 aliphatic rings. The first kappa shape index (κ1) is 20.2. The Morgan fingerprint density at radius 1 is 1.35 bits per heavy atom. The van der Waals surface area contributed by atoms with Crippen molar-refractivity contribution in [3.05, 3.63) is 29.8 Å². The van der Waals surface area contributed by atoms with Gasteiger partial charge in [-0.05, 0) is 31.0 Å². The van der Waals surface area contributed by atoms with Crippen molar-refractivity contribution in [3.8, 4) is 5.75 Å². The lowest BCUT2D eigenvalue weighted by atomic mass is 9.63. The molecule has 0 aromatic heterocycles. The maximum atomic E-state index is 12.8. The first-order chi connectivity index (χ1) is 12.3. The second-order valence-electron chi connectivity index (χ2n) is 7.41. The number of unbranched alkanes of at least 4 members (excludes halogenated alkanes) is 1. The third-order valence-electron chi connectivity index (χ3n) is 5.17. The first-order valence-electron chi connectivity index (χ1n) is 9.10. The molecule has 6 nitrogen and oxygen atoms in total. The Bertz CT molecular complexity index is 643. The Morgan fingerprint density at radius 2 is 2.08 bits per heavy atom. The molecule has 2 rings (SSSR count). The van der Waals surface area contributed by atoms with E-state index in [4.69, 9.17) is 14.6 Å². The van der Waals surface area contributed by atoms with Crippen LogP contribution in [-0.4, -0.2) is 54.3 Å². The predicted molar refractivity (Wildman–Crippen MR) is 98.5 cm³/mol. The van der Waals surface area contributed by atoms with Gasteiger partial charge in [0, 0.05) is 30.7 Å². The van der Waals surface area contributed by atoms with E-state index < -0.39 is 12.6 Å². The SMILES string of the molecule is CCCCOC1CC(N(C)C(=O)c2cccc(OCC(=O)O)c2)C1(C)C. The van der Waals surface area contributed by atoms with Crippen LogP contribution in [0.2, 0.25) is 0 Å². The maximum Gasteiger partial charge on any atom is 0.341 e. The summed E-state index contributed by atoms with van der Waals surface area (Å²) in [5.41, 5.74) is 0.386. The van der Waals surface area contributed by atoms with Crippen LogP contribution in [0.3, 0.4) is 0 Å². The number of benzene rings is 1. The molecule has 6 heteroatoms. The van der Waals surface area contributed by atoms with Gasteiger partial charge in [0.15, 0.2) is 6.61 Å². The Labute approximate surface area is 155 Å². The Kier molecular flexibility index (Phi) is 6.64. The van der Waals surface area contributed by atoms with Gasteiger partial charge in [-0.1, -0.05) is 33.3 Å². The van der Waals surface area contributed by atoms with Crippen molar-refractivity contribution in [1.82, 2.24) is 4.90 Å². The molecule has 26 heavy (non-hydrogen) atoms.